The predicted octanol–water partition coefficient (Wildman–Crippen LogP) is 1.85. The van der Waals surface area contributed by atoms with E-state index in [0.717, 1.165) is 10.9 Å². The average Bonchev–Trinajstić information content (AvgIpc) is 1.86. The van der Waals surface area contributed by atoms with Crippen LogP contribution in [0.5, 0.6) is 0 Å². The van der Waals surface area contributed by atoms with Crippen LogP contribution in [0.4, 0.5) is 0 Å². The van der Waals surface area contributed by atoms with Crippen LogP contribution in [0.2, 0.25) is 0 Å². The van der Waals surface area contributed by atoms with Gasteiger partial charge in [0.05, 0.1) is 0 Å². The Morgan fingerprint density at radius 3 is 2.36 bits per heavy atom. The quantitative estimate of drug-likeness (QED) is 0.538. The first-order chi connectivity index (χ1) is 5.02. The molecule has 0 bridgehead atoms. The molecule has 0 aliphatic carbocycles. The minimum absolute atomic E-state index is 0.790. The Balaban J connectivity index is 3.25. The van der Waals surface area contributed by atoms with Gasteiger partial charge in [-0.25, -0.2) is 0 Å². The van der Waals surface area contributed by atoms with E-state index >= 15 is 0 Å². The molecule has 0 heterocycles. The molecule has 4 heteroatoms. The van der Waals surface area contributed by atoms with Crippen LogP contribution in [0, 0.1) is 6.92 Å². The van der Waals surface area contributed by atoms with Crippen LogP contribution in [0.1, 0.15) is 5.56 Å². The van der Waals surface area contributed by atoms with Gasteiger partial charge in [-0.05, 0) is 12.5 Å². The summed E-state index contributed by atoms with van der Waals surface area (Å²) in [6, 6.07) is 7.51. The lowest BCUT2D eigenvalue weighted by Crippen LogP contribution is -2.03. The molecule has 1 aromatic carbocycles. The third-order valence-corrected chi connectivity index (χ3v) is 3.80. The van der Waals surface area contributed by atoms with Gasteiger partial charge in [0.15, 0.2) is 0 Å². The second kappa shape index (κ2) is 3.28. The normalized spacial score (nSPS) is 15.9. The molecule has 60 valence electrons. The summed E-state index contributed by atoms with van der Waals surface area (Å²) in [6.45, 7) is 1.92. The second-order valence-corrected chi connectivity index (χ2v) is 8.03. The Hall–Kier alpha value is 0.180. The van der Waals surface area contributed by atoms with E-state index in [1.54, 1.807) is 0 Å². The van der Waals surface area contributed by atoms with E-state index in [-0.39, 0.29) is 0 Å². The van der Waals surface area contributed by atoms with E-state index in [9.17, 15) is 4.89 Å². The molecule has 1 atom stereocenters. The van der Waals surface area contributed by atoms with Crippen molar-refractivity contribution in [3.8, 4) is 0 Å². The van der Waals surface area contributed by atoms with Crippen molar-refractivity contribution >= 4 is 34.8 Å². The van der Waals surface area contributed by atoms with Crippen molar-refractivity contribution in [2.24, 2.45) is 0 Å². The molecule has 0 saturated heterocycles. The van der Waals surface area contributed by atoms with Crippen molar-refractivity contribution in [3.05, 3.63) is 29.8 Å². The summed E-state index contributed by atoms with van der Waals surface area (Å²) in [5.41, 5.74) is -1.52. The molecule has 0 aromatic heterocycles. The Kier molecular flexibility index (Phi) is 2.76. The number of aryl methyl sites for hydroxylation is 1. The molecule has 1 aromatic rings. The summed E-state index contributed by atoms with van der Waals surface area (Å²) in [7, 11) is 0. The van der Waals surface area contributed by atoms with Crippen molar-refractivity contribution in [3.63, 3.8) is 0 Å². The highest BCUT2D eigenvalue weighted by Crippen LogP contribution is 2.45. The van der Waals surface area contributed by atoms with Gasteiger partial charge >= 0.3 is 0 Å². The molecule has 0 spiro atoms. The number of rotatable bonds is 1. The van der Waals surface area contributed by atoms with E-state index in [2.05, 4.69) is 12.2 Å². The van der Waals surface area contributed by atoms with Crippen molar-refractivity contribution in [2.75, 3.05) is 0 Å². The first-order valence-electron chi connectivity index (χ1n) is 3.13. The Morgan fingerprint density at radius 2 is 2.00 bits per heavy atom. The molecule has 0 amide bonds. The van der Waals surface area contributed by atoms with Crippen LogP contribution in [-0.2, 0) is 11.8 Å². The van der Waals surface area contributed by atoms with Gasteiger partial charge in [-0.1, -0.05) is 36.1 Å². The largest absolute Gasteiger partial charge is 0.354 e. The number of hydrogen-bond donors (Lipinski definition) is 2. The zero-order valence-electron chi connectivity index (χ0n) is 6.06. The molecular formula is C7H9OPS2. The van der Waals surface area contributed by atoms with E-state index in [4.69, 9.17) is 11.8 Å². The van der Waals surface area contributed by atoms with Crippen LogP contribution < -0.4 is 5.30 Å². The molecular weight excluding hydrogens is 195 g/mol. The van der Waals surface area contributed by atoms with Gasteiger partial charge in [0.25, 0.3) is 0 Å². The van der Waals surface area contributed by atoms with E-state index in [1.807, 2.05) is 31.2 Å². The van der Waals surface area contributed by atoms with Crippen LogP contribution in [-0.4, -0.2) is 4.89 Å². The summed E-state index contributed by atoms with van der Waals surface area (Å²) >= 11 is 8.87. The molecule has 1 unspecified atom stereocenters. The highest BCUT2D eigenvalue weighted by Gasteiger charge is 2.11. The van der Waals surface area contributed by atoms with E-state index in [1.165, 1.54) is 0 Å². The van der Waals surface area contributed by atoms with Crippen molar-refractivity contribution in [1.82, 2.24) is 0 Å². The standard InChI is InChI=1S/C7H9OPS2/c1-6-4-2-3-5-7(6)9(8,10)11/h2-5H,1H3,(H2,8,10,11). The molecule has 0 aliphatic rings. The maximum absolute atomic E-state index is 9.46. The molecule has 0 saturated carbocycles. The molecule has 0 aliphatic heterocycles. The van der Waals surface area contributed by atoms with Gasteiger partial charge in [-0.3, -0.25) is 0 Å². The fraction of sp³-hybridized carbons (Fsp3) is 0.143. The van der Waals surface area contributed by atoms with Crippen molar-refractivity contribution < 1.29 is 4.89 Å². The van der Waals surface area contributed by atoms with Gasteiger partial charge in [0.2, 0.25) is 0 Å². The van der Waals surface area contributed by atoms with Gasteiger partial charge in [-0.2, -0.15) is 0 Å². The third-order valence-electron chi connectivity index (χ3n) is 1.43. The lowest BCUT2D eigenvalue weighted by Gasteiger charge is -2.10. The minimum Gasteiger partial charge on any atom is -0.354 e. The van der Waals surface area contributed by atoms with Crippen LogP contribution >= 0.6 is 17.7 Å². The highest BCUT2D eigenvalue weighted by atomic mass is 32.9. The highest BCUT2D eigenvalue weighted by molar-refractivity contribution is 8.63. The van der Waals surface area contributed by atoms with Gasteiger partial charge in [0.1, 0.15) is 5.47 Å². The van der Waals surface area contributed by atoms with Crippen LogP contribution in [0.15, 0.2) is 24.3 Å². The van der Waals surface area contributed by atoms with Crippen LogP contribution in [0.3, 0.4) is 0 Å². The first kappa shape index (κ1) is 9.27. The van der Waals surface area contributed by atoms with Gasteiger partial charge in [-0.15, -0.1) is 12.2 Å². The first-order valence-corrected chi connectivity index (χ1v) is 7.04. The summed E-state index contributed by atoms with van der Waals surface area (Å²) in [6.07, 6.45) is 0. The summed E-state index contributed by atoms with van der Waals surface area (Å²) in [5, 5.41) is 0.790. The van der Waals surface area contributed by atoms with E-state index < -0.39 is 5.47 Å². The molecule has 1 N–H and O–H groups in total. The fourth-order valence-electron chi connectivity index (χ4n) is 0.890. The zero-order chi connectivity index (χ0) is 8.48. The SMILES string of the molecule is Cc1ccccc1P(O)(=S)S. The molecule has 1 rings (SSSR count). The molecule has 0 fully saturated rings. The smallest absolute Gasteiger partial charge is 0.143 e. The van der Waals surface area contributed by atoms with Crippen molar-refractivity contribution in [1.29, 1.82) is 0 Å². The number of thiol groups is 1. The summed E-state index contributed by atoms with van der Waals surface area (Å²) in [5.74, 6) is 0. The van der Waals surface area contributed by atoms with Crippen LogP contribution in [0.25, 0.3) is 0 Å². The van der Waals surface area contributed by atoms with Gasteiger partial charge < -0.3 is 4.89 Å². The van der Waals surface area contributed by atoms with Crippen molar-refractivity contribution in [2.45, 2.75) is 6.92 Å². The lowest BCUT2D eigenvalue weighted by molar-refractivity contribution is 0.648. The fourth-order valence-corrected chi connectivity index (χ4v) is 2.99. The number of benzene rings is 1. The lowest BCUT2D eigenvalue weighted by atomic mass is 10.2. The van der Waals surface area contributed by atoms with Gasteiger partial charge in [0, 0.05) is 5.30 Å². The average molecular weight is 204 g/mol. The maximum Gasteiger partial charge on any atom is 0.143 e. The Labute approximate surface area is 76.7 Å². The number of hydrogen-bond acceptors (Lipinski definition) is 1. The Bertz CT molecular complexity index is 305. The van der Waals surface area contributed by atoms with E-state index in [0.29, 0.717) is 0 Å². The summed E-state index contributed by atoms with van der Waals surface area (Å²) < 4.78 is 0. The molecule has 0 radical (unpaired) electrons. The third kappa shape index (κ3) is 2.31. The molecule has 1 nitrogen and oxygen atoms in total. The zero-order valence-corrected chi connectivity index (χ0v) is 8.66. The minimum atomic E-state index is -2.53. The predicted molar refractivity (Wildman–Crippen MR) is 56.3 cm³/mol. The second-order valence-electron chi connectivity index (χ2n) is 2.33. The summed E-state index contributed by atoms with van der Waals surface area (Å²) in [4.78, 5) is 9.46. The Morgan fingerprint density at radius 1 is 1.45 bits per heavy atom. The topological polar surface area (TPSA) is 20.2 Å². The monoisotopic (exact) mass is 204 g/mol. The molecule has 11 heavy (non-hydrogen) atoms. The maximum atomic E-state index is 9.46.